The molecule has 1 amide bonds. The van der Waals surface area contributed by atoms with E-state index in [0.29, 0.717) is 28.2 Å². The van der Waals surface area contributed by atoms with Crippen molar-refractivity contribution in [1.82, 2.24) is 0 Å². The van der Waals surface area contributed by atoms with Gasteiger partial charge in [0.2, 0.25) is 0 Å². The number of primary amides is 1. The summed E-state index contributed by atoms with van der Waals surface area (Å²) >= 11 is 3.31. The molecule has 0 aliphatic heterocycles. The molecule has 0 bridgehead atoms. The monoisotopic (exact) mass is 299 g/mol. The molecule has 0 heterocycles. The van der Waals surface area contributed by atoms with Crippen molar-refractivity contribution in [3.8, 4) is 0 Å². The molecule has 0 saturated carbocycles. The molecule has 1 atom stereocenters. The predicted molar refractivity (Wildman–Crippen MR) is 74.0 cm³/mol. The highest BCUT2D eigenvalue weighted by Crippen LogP contribution is 2.24. The van der Waals surface area contributed by atoms with Crippen LogP contribution in [0.2, 0.25) is 0 Å². The molecule has 0 aromatic heterocycles. The van der Waals surface area contributed by atoms with Gasteiger partial charge in [0, 0.05) is 22.7 Å². The van der Waals surface area contributed by atoms with Crippen molar-refractivity contribution in [3.63, 3.8) is 0 Å². The van der Waals surface area contributed by atoms with E-state index in [0.717, 1.165) is 0 Å². The van der Waals surface area contributed by atoms with Crippen LogP contribution in [0.15, 0.2) is 22.7 Å². The molecule has 1 rings (SSSR count). The molecule has 4 nitrogen and oxygen atoms in total. The van der Waals surface area contributed by atoms with E-state index in [9.17, 15) is 4.79 Å². The van der Waals surface area contributed by atoms with Crippen LogP contribution >= 0.6 is 15.9 Å². The summed E-state index contributed by atoms with van der Waals surface area (Å²) in [6.45, 7) is 4.72. The third-order valence-corrected chi connectivity index (χ3v) is 3.31. The van der Waals surface area contributed by atoms with Gasteiger partial charge >= 0.3 is 0 Å². The van der Waals surface area contributed by atoms with Gasteiger partial charge in [-0.15, -0.1) is 0 Å². The van der Waals surface area contributed by atoms with Gasteiger partial charge in [-0.1, -0.05) is 19.9 Å². The second-order valence-corrected chi connectivity index (χ2v) is 5.17. The third kappa shape index (κ3) is 3.71. The first kappa shape index (κ1) is 14.0. The average molecular weight is 300 g/mol. The van der Waals surface area contributed by atoms with Crippen molar-refractivity contribution < 1.29 is 4.79 Å². The van der Waals surface area contributed by atoms with Crippen molar-refractivity contribution in [2.24, 2.45) is 17.4 Å². The van der Waals surface area contributed by atoms with Gasteiger partial charge in [0.05, 0.1) is 5.56 Å². The van der Waals surface area contributed by atoms with Crippen molar-refractivity contribution >= 4 is 27.5 Å². The maximum Gasteiger partial charge on any atom is 0.251 e. The molecule has 0 radical (unpaired) electrons. The van der Waals surface area contributed by atoms with E-state index < -0.39 is 5.91 Å². The van der Waals surface area contributed by atoms with Crippen LogP contribution in [0.5, 0.6) is 0 Å². The summed E-state index contributed by atoms with van der Waals surface area (Å²) in [4.78, 5) is 11.3. The minimum atomic E-state index is -0.460. The number of rotatable bonds is 5. The Morgan fingerprint density at radius 3 is 2.65 bits per heavy atom. The molecule has 1 unspecified atom stereocenters. The van der Waals surface area contributed by atoms with E-state index in [1.165, 1.54) is 0 Å². The van der Waals surface area contributed by atoms with Gasteiger partial charge in [-0.3, -0.25) is 4.79 Å². The van der Waals surface area contributed by atoms with Crippen molar-refractivity contribution in [3.05, 3.63) is 28.2 Å². The van der Waals surface area contributed by atoms with Gasteiger partial charge in [-0.05, 0) is 34.0 Å². The summed E-state index contributed by atoms with van der Waals surface area (Å²) in [6.07, 6.45) is 0. The molecule has 0 spiro atoms. The summed E-state index contributed by atoms with van der Waals surface area (Å²) in [5.74, 6) is -0.0789. The second kappa shape index (κ2) is 6.02. The number of nitrogens with one attached hydrogen (secondary N) is 1. The number of carbonyl (C=O) groups excluding carboxylic acids is 1. The second-order valence-electron chi connectivity index (χ2n) is 4.32. The Kier molecular flexibility index (Phi) is 4.96. The third-order valence-electron chi connectivity index (χ3n) is 2.64. The number of anilines is 1. The first-order valence-electron chi connectivity index (χ1n) is 5.51. The lowest BCUT2D eigenvalue weighted by Gasteiger charge is -2.18. The number of carbonyl (C=O) groups is 1. The smallest absolute Gasteiger partial charge is 0.251 e. The fourth-order valence-corrected chi connectivity index (χ4v) is 1.95. The maximum absolute atomic E-state index is 11.3. The zero-order chi connectivity index (χ0) is 13.0. The van der Waals surface area contributed by atoms with E-state index in [1.807, 2.05) is 12.1 Å². The van der Waals surface area contributed by atoms with Crippen LogP contribution in [0.3, 0.4) is 0 Å². The molecule has 1 aromatic carbocycles. The molecule has 0 aliphatic rings. The first-order valence-corrected chi connectivity index (χ1v) is 6.30. The highest BCUT2D eigenvalue weighted by molar-refractivity contribution is 9.10. The van der Waals surface area contributed by atoms with Gasteiger partial charge in [0.15, 0.2) is 0 Å². The Bertz CT molecular complexity index is 407. The zero-order valence-electron chi connectivity index (χ0n) is 10.0. The normalized spacial score (nSPS) is 12.5. The quantitative estimate of drug-likeness (QED) is 0.777. The minimum Gasteiger partial charge on any atom is -0.383 e. The summed E-state index contributed by atoms with van der Waals surface area (Å²) < 4.78 is 0.688. The maximum atomic E-state index is 11.3. The number of hydrogen-bond acceptors (Lipinski definition) is 3. The molecule has 5 N–H and O–H groups in total. The molecule has 0 aliphatic carbocycles. The van der Waals surface area contributed by atoms with Crippen LogP contribution in [0, 0.1) is 5.92 Å². The predicted octanol–water partition coefficient (Wildman–Crippen LogP) is 1.94. The van der Waals surface area contributed by atoms with E-state index in [2.05, 4.69) is 35.1 Å². The summed E-state index contributed by atoms with van der Waals surface area (Å²) in [5.41, 5.74) is 12.5. The fourth-order valence-electron chi connectivity index (χ4n) is 1.39. The van der Waals surface area contributed by atoms with E-state index in [1.54, 1.807) is 6.07 Å². The number of benzene rings is 1. The van der Waals surface area contributed by atoms with E-state index >= 15 is 0 Å². The molecule has 94 valence electrons. The Hall–Kier alpha value is -1.07. The number of halogens is 1. The Morgan fingerprint density at radius 2 is 2.12 bits per heavy atom. The average Bonchev–Trinajstić information content (AvgIpc) is 2.24. The van der Waals surface area contributed by atoms with E-state index in [4.69, 9.17) is 11.5 Å². The lowest BCUT2D eigenvalue weighted by molar-refractivity contribution is 0.100. The van der Waals surface area contributed by atoms with Crippen molar-refractivity contribution in [2.75, 3.05) is 11.9 Å². The zero-order valence-corrected chi connectivity index (χ0v) is 11.6. The summed E-state index contributed by atoms with van der Waals surface area (Å²) in [7, 11) is 0. The fraction of sp³-hybridized carbons (Fsp3) is 0.417. The molecule has 0 saturated heterocycles. The van der Waals surface area contributed by atoms with Crippen LogP contribution in [-0.4, -0.2) is 18.5 Å². The van der Waals surface area contributed by atoms with E-state index in [-0.39, 0.29) is 6.04 Å². The number of hydrogen-bond donors (Lipinski definition) is 3. The van der Waals surface area contributed by atoms with Crippen LogP contribution in [0.4, 0.5) is 5.69 Å². The van der Waals surface area contributed by atoms with Gasteiger partial charge in [-0.25, -0.2) is 0 Å². The topological polar surface area (TPSA) is 81.1 Å². The SMILES string of the molecule is CC(C)C(N)CNc1cccc(Br)c1C(N)=O. The minimum absolute atomic E-state index is 0.0368. The molecule has 1 aromatic rings. The highest BCUT2D eigenvalue weighted by Gasteiger charge is 2.13. The van der Waals surface area contributed by atoms with Crippen LogP contribution in [-0.2, 0) is 0 Å². The number of nitrogens with two attached hydrogens (primary N) is 2. The lowest BCUT2D eigenvalue weighted by Crippen LogP contribution is -2.34. The van der Waals surface area contributed by atoms with Crippen molar-refractivity contribution in [2.45, 2.75) is 19.9 Å². The highest BCUT2D eigenvalue weighted by atomic mass is 79.9. The largest absolute Gasteiger partial charge is 0.383 e. The Morgan fingerprint density at radius 1 is 1.47 bits per heavy atom. The van der Waals surface area contributed by atoms with Gasteiger partial charge < -0.3 is 16.8 Å². The molecule has 17 heavy (non-hydrogen) atoms. The molecular weight excluding hydrogens is 282 g/mol. The lowest BCUT2D eigenvalue weighted by atomic mass is 10.1. The molecule has 0 fully saturated rings. The summed E-state index contributed by atoms with van der Waals surface area (Å²) in [5, 5.41) is 3.16. The summed E-state index contributed by atoms with van der Waals surface area (Å²) in [6, 6.07) is 5.49. The first-order chi connectivity index (χ1) is 7.93. The van der Waals surface area contributed by atoms with Gasteiger partial charge in [0.25, 0.3) is 5.91 Å². The molecule has 5 heteroatoms. The standard InChI is InChI=1S/C12H18BrN3O/c1-7(2)9(14)6-16-10-5-3-4-8(13)11(10)12(15)17/h3-5,7,9,16H,6,14H2,1-2H3,(H2,15,17). The Balaban J connectivity index is 2.84. The number of amides is 1. The van der Waals surface area contributed by atoms with Gasteiger partial charge in [0.1, 0.15) is 0 Å². The van der Waals surface area contributed by atoms with Crippen LogP contribution in [0.1, 0.15) is 24.2 Å². The van der Waals surface area contributed by atoms with Gasteiger partial charge in [-0.2, -0.15) is 0 Å². The molecular formula is C12H18BrN3O. The van der Waals surface area contributed by atoms with Crippen molar-refractivity contribution in [1.29, 1.82) is 0 Å². The Labute approximate surface area is 110 Å². The van der Waals surface area contributed by atoms with Crippen LogP contribution < -0.4 is 16.8 Å². The van der Waals surface area contributed by atoms with Crippen LogP contribution in [0.25, 0.3) is 0 Å².